The summed E-state index contributed by atoms with van der Waals surface area (Å²) in [5.41, 5.74) is 0.955. The van der Waals surface area contributed by atoms with Crippen LogP contribution in [0.3, 0.4) is 0 Å². The van der Waals surface area contributed by atoms with Crippen molar-refractivity contribution in [1.29, 1.82) is 0 Å². The molecule has 0 fully saturated rings. The Hall–Kier alpha value is -1.35. The minimum atomic E-state index is -0.198. The van der Waals surface area contributed by atoms with Crippen molar-refractivity contribution in [3.8, 4) is 0 Å². The van der Waals surface area contributed by atoms with Crippen molar-refractivity contribution in [3.05, 3.63) is 47.5 Å². The van der Waals surface area contributed by atoms with Crippen LogP contribution in [0.25, 0.3) is 0 Å². The number of benzene rings is 1. The van der Waals surface area contributed by atoms with Crippen LogP contribution in [0.2, 0.25) is 0 Å². The number of hydrogen-bond acceptors (Lipinski definition) is 2. The van der Waals surface area contributed by atoms with E-state index in [9.17, 15) is 4.39 Å². The normalized spacial score (nSPS) is 16.9. The highest BCUT2D eigenvalue weighted by Gasteiger charge is 2.35. The topological polar surface area (TPSA) is 21.3 Å². The van der Waals surface area contributed by atoms with Gasteiger partial charge in [0.15, 0.2) is 0 Å². The van der Waals surface area contributed by atoms with Gasteiger partial charge in [-0.05, 0) is 30.3 Å². The van der Waals surface area contributed by atoms with Gasteiger partial charge in [-0.15, -0.1) is 0 Å². The van der Waals surface area contributed by atoms with Crippen molar-refractivity contribution in [2.24, 2.45) is 0 Å². The highest BCUT2D eigenvalue weighted by molar-refractivity contribution is 5.30. The third-order valence-corrected chi connectivity index (χ3v) is 3.73. The Morgan fingerprint density at radius 3 is 2.53 bits per heavy atom. The van der Waals surface area contributed by atoms with Gasteiger partial charge in [0.05, 0.1) is 12.6 Å². The van der Waals surface area contributed by atoms with E-state index in [0.29, 0.717) is 0 Å². The third kappa shape index (κ3) is 2.98. The average molecular weight is 263 g/mol. The Morgan fingerprint density at radius 1 is 1.32 bits per heavy atom. The molecule has 1 aliphatic rings. The SMILES string of the molecule is CCNC(C1=CCCO1)C(C)(C)c1ccc(F)cc1. The van der Waals surface area contributed by atoms with Crippen LogP contribution in [0.15, 0.2) is 36.1 Å². The maximum absolute atomic E-state index is 13.1. The molecule has 3 heteroatoms. The van der Waals surface area contributed by atoms with E-state index in [1.54, 1.807) is 0 Å². The van der Waals surface area contributed by atoms with E-state index in [1.165, 1.54) is 12.1 Å². The summed E-state index contributed by atoms with van der Waals surface area (Å²) < 4.78 is 18.8. The molecule has 0 aromatic heterocycles. The minimum absolute atomic E-state index is 0.116. The van der Waals surface area contributed by atoms with Crippen LogP contribution in [0.1, 0.15) is 32.8 Å². The maximum Gasteiger partial charge on any atom is 0.123 e. The fourth-order valence-electron chi connectivity index (χ4n) is 2.60. The largest absolute Gasteiger partial charge is 0.496 e. The Morgan fingerprint density at radius 2 is 2.00 bits per heavy atom. The van der Waals surface area contributed by atoms with Gasteiger partial charge in [-0.3, -0.25) is 0 Å². The molecule has 1 heterocycles. The molecule has 2 nitrogen and oxygen atoms in total. The van der Waals surface area contributed by atoms with E-state index in [1.807, 2.05) is 12.1 Å². The fraction of sp³-hybridized carbons (Fsp3) is 0.500. The van der Waals surface area contributed by atoms with Crippen molar-refractivity contribution in [1.82, 2.24) is 5.32 Å². The molecule has 0 amide bonds. The first-order valence-corrected chi connectivity index (χ1v) is 6.88. The Bertz CT molecular complexity index is 450. The smallest absolute Gasteiger partial charge is 0.123 e. The molecule has 0 radical (unpaired) electrons. The molecule has 19 heavy (non-hydrogen) atoms. The van der Waals surface area contributed by atoms with Gasteiger partial charge in [-0.1, -0.05) is 32.9 Å². The first kappa shape index (κ1) is 14.1. The van der Waals surface area contributed by atoms with Gasteiger partial charge in [0.1, 0.15) is 11.6 Å². The molecule has 1 aromatic carbocycles. The lowest BCUT2D eigenvalue weighted by atomic mass is 9.76. The van der Waals surface area contributed by atoms with Crippen LogP contribution in [-0.2, 0) is 10.2 Å². The standard InChI is InChI=1S/C16H22FNO/c1-4-18-15(14-6-5-11-19-14)16(2,3)12-7-9-13(17)10-8-12/h6-10,15,18H,4-5,11H2,1-3H3. The lowest BCUT2D eigenvalue weighted by molar-refractivity contribution is 0.189. The van der Waals surface area contributed by atoms with Crippen LogP contribution < -0.4 is 5.32 Å². The van der Waals surface area contributed by atoms with E-state index in [2.05, 4.69) is 32.2 Å². The van der Waals surface area contributed by atoms with Gasteiger partial charge in [-0.2, -0.15) is 0 Å². The minimum Gasteiger partial charge on any atom is -0.496 e. The zero-order valence-electron chi connectivity index (χ0n) is 11.9. The van der Waals surface area contributed by atoms with Gasteiger partial charge in [0, 0.05) is 11.8 Å². The van der Waals surface area contributed by atoms with Gasteiger partial charge in [0.2, 0.25) is 0 Å². The van der Waals surface area contributed by atoms with Gasteiger partial charge in [0.25, 0.3) is 0 Å². The summed E-state index contributed by atoms with van der Waals surface area (Å²) in [6.07, 6.45) is 3.12. The van der Waals surface area contributed by atoms with Gasteiger partial charge >= 0.3 is 0 Å². The molecule has 0 spiro atoms. The molecule has 1 atom stereocenters. The second-order valence-electron chi connectivity index (χ2n) is 5.46. The van der Waals surface area contributed by atoms with Crippen LogP contribution in [0.5, 0.6) is 0 Å². The summed E-state index contributed by atoms with van der Waals surface area (Å²) in [6.45, 7) is 8.04. The molecule has 1 N–H and O–H groups in total. The molecule has 0 saturated heterocycles. The Kier molecular flexibility index (Phi) is 4.25. The Labute approximate surface area is 114 Å². The molecule has 104 valence electrons. The molecule has 1 aliphatic heterocycles. The summed E-state index contributed by atoms with van der Waals surface area (Å²) in [5.74, 6) is 0.812. The molecule has 0 saturated carbocycles. The zero-order chi connectivity index (χ0) is 13.9. The predicted molar refractivity (Wildman–Crippen MR) is 75.5 cm³/mol. The quantitative estimate of drug-likeness (QED) is 0.879. The number of hydrogen-bond donors (Lipinski definition) is 1. The van der Waals surface area contributed by atoms with E-state index >= 15 is 0 Å². The van der Waals surface area contributed by atoms with Crippen LogP contribution in [-0.4, -0.2) is 19.2 Å². The number of likely N-dealkylation sites (N-methyl/N-ethyl adjacent to an activating group) is 1. The third-order valence-electron chi connectivity index (χ3n) is 3.73. The van der Waals surface area contributed by atoms with E-state index < -0.39 is 0 Å². The predicted octanol–water partition coefficient (Wildman–Crippen LogP) is 3.39. The Balaban J connectivity index is 2.30. The van der Waals surface area contributed by atoms with E-state index in [4.69, 9.17) is 4.74 Å². The summed E-state index contributed by atoms with van der Waals surface area (Å²) in [5, 5.41) is 3.49. The first-order chi connectivity index (χ1) is 9.05. The monoisotopic (exact) mass is 263 g/mol. The molecule has 2 rings (SSSR count). The van der Waals surface area contributed by atoms with Gasteiger partial charge in [-0.25, -0.2) is 4.39 Å². The van der Waals surface area contributed by atoms with Gasteiger partial charge < -0.3 is 10.1 Å². The molecule has 0 aliphatic carbocycles. The van der Waals surface area contributed by atoms with Crippen molar-refractivity contribution in [2.45, 2.75) is 38.6 Å². The fourth-order valence-corrected chi connectivity index (χ4v) is 2.60. The average Bonchev–Trinajstić information content (AvgIpc) is 2.89. The number of halogens is 1. The molecule has 1 aromatic rings. The van der Waals surface area contributed by atoms with Crippen LogP contribution in [0.4, 0.5) is 4.39 Å². The number of ether oxygens (including phenoxy) is 1. The molecule has 0 bridgehead atoms. The van der Waals surface area contributed by atoms with E-state index in [-0.39, 0.29) is 17.3 Å². The highest BCUT2D eigenvalue weighted by Crippen LogP contribution is 2.33. The lowest BCUT2D eigenvalue weighted by Crippen LogP contribution is -2.46. The van der Waals surface area contributed by atoms with Crippen molar-refractivity contribution < 1.29 is 9.13 Å². The second kappa shape index (κ2) is 5.74. The summed E-state index contributed by atoms with van der Waals surface area (Å²) in [6, 6.07) is 6.86. The molecule has 1 unspecified atom stereocenters. The molecular weight excluding hydrogens is 241 g/mol. The molecular formula is C16H22FNO. The van der Waals surface area contributed by atoms with Crippen molar-refractivity contribution in [2.75, 3.05) is 13.2 Å². The van der Waals surface area contributed by atoms with E-state index in [0.717, 1.165) is 30.9 Å². The summed E-state index contributed by atoms with van der Waals surface area (Å²) >= 11 is 0. The zero-order valence-corrected chi connectivity index (χ0v) is 11.9. The number of nitrogens with one attached hydrogen (secondary N) is 1. The van der Waals surface area contributed by atoms with Crippen molar-refractivity contribution >= 4 is 0 Å². The second-order valence-corrected chi connectivity index (χ2v) is 5.46. The van der Waals surface area contributed by atoms with Crippen LogP contribution >= 0.6 is 0 Å². The summed E-state index contributed by atoms with van der Waals surface area (Å²) in [4.78, 5) is 0. The first-order valence-electron chi connectivity index (χ1n) is 6.88. The van der Waals surface area contributed by atoms with Crippen LogP contribution in [0, 0.1) is 5.82 Å². The highest BCUT2D eigenvalue weighted by atomic mass is 19.1. The number of rotatable bonds is 5. The summed E-state index contributed by atoms with van der Waals surface area (Å²) in [7, 11) is 0. The van der Waals surface area contributed by atoms with Crippen molar-refractivity contribution in [3.63, 3.8) is 0 Å². The lowest BCUT2D eigenvalue weighted by Gasteiger charge is -2.36. The maximum atomic E-state index is 13.1.